The van der Waals surface area contributed by atoms with Crippen LogP contribution in [0.3, 0.4) is 0 Å². The van der Waals surface area contributed by atoms with Crippen molar-refractivity contribution in [3.63, 3.8) is 0 Å². The van der Waals surface area contributed by atoms with Gasteiger partial charge in [-0.25, -0.2) is 4.39 Å². The van der Waals surface area contributed by atoms with Gasteiger partial charge in [0, 0.05) is 52.4 Å². The molecule has 0 saturated carbocycles. The lowest BCUT2D eigenvalue weighted by Gasteiger charge is -2.38. The van der Waals surface area contributed by atoms with Crippen LogP contribution in [0.25, 0.3) is 0 Å². The summed E-state index contributed by atoms with van der Waals surface area (Å²) in [5.74, 6) is -0.247. The van der Waals surface area contributed by atoms with Crippen LogP contribution in [0.1, 0.15) is 17.5 Å². The molecule has 1 atom stereocenters. The van der Waals surface area contributed by atoms with Crippen LogP contribution in [0.15, 0.2) is 54.6 Å². The average molecular weight is 439 g/mol. The second kappa shape index (κ2) is 10.7. The van der Waals surface area contributed by atoms with Crippen molar-refractivity contribution in [2.75, 3.05) is 45.8 Å². The summed E-state index contributed by atoms with van der Waals surface area (Å²) in [6, 6.07) is 16.5. The van der Waals surface area contributed by atoms with E-state index in [4.69, 9.17) is 0 Å². The topological polar surface area (TPSA) is 55.9 Å². The van der Waals surface area contributed by atoms with Crippen molar-refractivity contribution in [3.05, 3.63) is 71.5 Å². The third-order valence-electron chi connectivity index (χ3n) is 6.36. The summed E-state index contributed by atoms with van der Waals surface area (Å²) in [5, 5.41) is 2.92. The van der Waals surface area contributed by atoms with Gasteiger partial charge in [-0.2, -0.15) is 0 Å². The fourth-order valence-corrected chi connectivity index (χ4v) is 4.51. The van der Waals surface area contributed by atoms with Crippen LogP contribution in [0.2, 0.25) is 0 Å². The number of carbonyl (C=O) groups is 2. The molecular weight excluding hydrogens is 407 g/mol. The number of halogens is 1. The Labute approximate surface area is 189 Å². The minimum Gasteiger partial charge on any atom is -0.353 e. The number of rotatable bonds is 7. The van der Waals surface area contributed by atoms with Gasteiger partial charge >= 0.3 is 0 Å². The number of nitrogens with zero attached hydrogens (tertiary/aromatic N) is 3. The molecule has 0 bridgehead atoms. The predicted octanol–water partition coefficient (Wildman–Crippen LogP) is 1.90. The zero-order valence-electron chi connectivity index (χ0n) is 18.4. The van der Waals surface area contributed by atoms with Crippen molar-refractivity contribution in [1.82, 2.24) is 20.0 Å². The molecule has 2 amide bonds. The van der Waals surface area contributed by atoms with Crippen molar-refractivity contribution in [3.8, 4) is 0 Å². The highest BCUT2D eigenvalue weighted by molar-refractivity contribution is 5.88. The van der Waals surface area contributed by atoms with Crippen LogP contribution >= 0.6 is 0 Å². The van der Waals surface area contributed by atoms with Gasteiger partial charge in [0.05, 0.1) is 12.5 Å². The van der Waals surface area contributed by atoms with E-state index in [1.54, 1.807) is 12.1 Å². The Hall–Kier alpha value is -2.77. The van der Waals surface area contributed by atoms with Gasteiger partial charge < -0.3 is 10.2 Å². The highest BCUT2D eigenvalue weighted by atomic mass is 19.1. The number of amides is 2. The van der Waals surface area contributed by atoms with Crippen LogP contribution in [0.5, 0.6) is 0 Å². The van der Waals surface area contributed by atoms with E-state index in [0.29, 0.717) is 26.2 Å². The van der Waals surface area contributed by atoms with E-state index in [-0.39, 0.29) is 24.1 Å². The Morgan fingerprint density at radius 3 is 2.47 bits per heavy atom. The fourth-order valence-electron chi connectivity index (χ4n) is 4.51. The van der Waals surface area contributed by atoms with E-state index < -0.39 is 6.04 Å². The average Bonchev–Trinajstić information content (AvgIpc) is 2.80. The Kier molecular flexibility index (Phi) is 7.50. The minimum absolute atomic E-state index is 0.0298. The maximum atomic E-state index is 13.4. The number of hydrogen-bond donors (Lipinski definition) is 1. The quantitative estimate of drug-likeness (QED) is 0.718. The van der Waals surface area contributed by atoms with E-state index in [2.05, 4.69) is 27.2 Å². The molecule has 2 heterocycles. The molecule has 2 saturated heterocycles. The molecule has 4 rings (SSSR count). The van der Waals surface area contributed by atoms with Gasteiger partial charge in [0.25, 0.3) is 0 Å². The SMILES string of the molecule is O=C1NCCN(CCc2ccccc2)[C@H]1CC(=O)N1CCN(Cc2cccc(F)c2)CC1. The molecule has 2 aliphatic heterocycles. The van der Waals surface area contributed by atoms with Gasteiger partial charge in [-0.3, -0.25) is 19.4 Å². The molecule has 2 aliphatic rings. The Morgan fingerprint density at radius 2 is 1.72 bits per heavy atom. The first-order valence-corrected chi connectivity index (χ1v) is 11.4. The van der Waals surface area contributed by atoms with Gasteiger partial charge in [0.2, 0.25) is 11.8 Å². The third-order valence-corrected chi connectivity index (χ3v) is 6.36. The largest absolute Gasteiger partial charge is 0.353 e. The minimum atomic E-state index is -0.412. The smallest absolute Gasteiger partial charge is 0.237 e. The van der Waals surface area contributed by atoms with E-state index in [0.717, 1.165) is 38.2 Å². The summed E-state index contributed by atoms with van der Waals surface area (Å²) in [4.78, 5) is 31.8. The summed E-state index contributed by atoms with van der Waals surface area (Å²) in [6.07, 6.45) is 1.07. The lowest BCUT2D eigenvalue weighted by atomic mass is 10.1. The molecule has 32 heavy (non-hydrogen) atoms. The molecule has 0 radical (unpaired) electrons. The Balaban J connectivity index is 1.28. The molecular formula is C25H31FN4O2. The molecule has 2 aromatic rings. The summed E-state index contributed by atoms with van der Waals surface area (Å²) in [7, 11) is 0. The van der Waals surface area contributed by atoms with E-state index in [1.165, 1.54) is 11.6 Å². The number of carbonyl (C=O) groups excluding carboxylic acids is 2. The maximum Gasteiger partial charge on any atom is 0.237 e. The zero-order valence-corrected chi connectivity index (χ0v) is 18.4. The van der Waals surface area contributed by atoms with Crippen LogP contribution in [-0.4, -0.2) is 78.4 Å². The molecule has 0 aromatic heterocycles. The predicted molar refractivity (Wildman–Crippen MR) is 121 cm³/mol. The third kappa shape index (κ3) is 5.93. The Morgan fingerprint density at radius 1 is 0.969 bits per heavy atom. The van der Waals surface area contributed by atoms with E-state index in [9.17, 15) is 14.0 Å². The van der Waals surface area contributed by atoms with Gasteiger partial charge in [0.1, 0.15) is 5.82 Å². The van der Waals surface area contributed by atoms with Gasteiger partial charge in [0.15, 0.2) is 0 Å². The maximum absolute atomic E-state index is 13.4. The van der Waals surface area contributed by atoms with Crippen molar-refractivity contribution in [2.45, 2.75) is 25.4 Å². The van der Waals surface area contributed by atoms with Crippen LogP contribution in [0, 0.1) is 5.82 Å². The molecule has 2 fully saturated rings. The van der Waals surface area contributed by atoms with Crippen molar-refractivity contribution in [2.24, 2.45) is 0 Å². The van der Waals surface area contributed by atoms with Crippen molar-refractivity contribution in [1.29, 1.82) is 0 Å². The zero-order chi connectivity index (χ0) is 22.3. The highest BCUT2D eigenvalue weighted by Crippen LogP contribution is 2.15. The van der Waals surface area contributed by atoms with Gasteiger partial charge in [-0.15, -0.1) is 0 Å². The molecule has 1 N–H and O–H groups in total. The molecule has 2 aromatic carbocycles. The lowest BCUT2D eigenvalue weighted by molar-refractivity contribution is -0.140. The standard InChI is InChI=1S/C25H31FN4O2/c26-22-8-4-7-21(17-22)19-28-13-15-30(16-14-28)24(31)18-23-25(32)27-10-12-29(23)11-9-20-5-2-1-3-6-20/h1-8,17,23H,9-16,18-19H2,(H,27,32)/t23-/m0/s1. The van der Waals surface area contributed by atoms with E-state index >= 15 is 0 Å². The van der Waals surface area contributed by atoms with E-state index in [1.807, 2.05) is 29.2 Å². The molecule has 0 spiro atoms. The van der Waals surface area contributed by atoms with Crippen LogP contribution in [0.4, 0.5) is 4.39 Å². The first-order valence-electron chi connectivity index (χ1n) is 11.4. The fraction of sp³-hybridized carbons (Fsp3) is 0.440. The highest BCUT2D eigenvalue weighted by Gasteiger charge is 2.33. The number of nitrogens with one attached hydrogen (secondary N) is 1. The lowest BCUT2D eigenvalue weighted by Crippen LogP contribution is -2.58. The monoisotopic (exact) mass is 438 g/mol. The molecule has 6 nitrogen and oxygen atoms in total. The molecule has 170 valence electrons. The van der Waals surface area contributed by atoms with Crippen LogP contribution in [-0.2, 0) is 22.6 Å². The first kappa shape index (κ1) is 22.4. The number of benzene rings is 2. The normalized spacial score (nSPS) is 20.2. The van der Waals surface area contributed by atoms with Crippen molar-refractivity contribution < 1.29 is 14.0 Å². The molecule has 0 unspecified atom stereocenters. The summed E-state index contributed by atoms with van der Waals surface area (Å²) in [6.45, 7) is 5.58. The summed E-state index contributed by atoms with van der Waals surface area (Å²) < 4.78 is 13.4. The Bertz CT molecular complexity index is 915. The van der Waals surface area contributed by atoms with Gasteiger partial charge in [-0.05, 0) is 29.7 Å². The van der Waals surface area contributed by atoms with Crippen molar-refractivity contribution >= 4 is 11.8 Å². The summed E-state index contributed by atoms with van der Waals surface area (Å²) >= 11 is 0. The number of hydrogen-bond acceptors (Lipinski definition) is 4. The second-order valence-electron chi connectivity index (χ2n) is 8.57. The second-order valence-corrected chi connectivity index (χ2v) is 8.57. The molecule has 7 heteroatoms. The first-order chi connectivity index (χ1) is 15.6. The van der Waals surface area contributed by atoms with Gasteiger partial charge in [-0.1, -0.05) is 42.5 Å². The number of piperazine rings is 2. The summed E-state index contributed by atoms with van der Waals surface area (Å²) in [5.41, 5.74) is 2.18. The molecule has 0 aliphatic carbocycles. The van der Waals surface area contributed by atoms with Crippen LogP contribution < -0.4 is 5.32 Å².